The van der Waals surface area contributed by atoms with Crippen molar-refractivity contribution >= 4 is 11.9 Å². The van der Waals surface area contributed by atoms with Gasteiger partial charge in [-0.3, -0.25) is 4.79 Å². The first kappa shape index (κ1) is 16.7. The highest BCUT2D eigenvalue weighted by Gasteiger charge is 2.22. The Morgan fingerprint density at radius 3 is 2.48 bits per heavy atom. The predicted molar refractivity (Wildman–Crippen MR) is 84.6 cm³/mol. The number of hydrogen-bond donors (Lipinski definition) is 1. The number of ether oxygens (including phenoxy) is 1. The summed E-state index contributed by atoms with van der Waals surface area (Å²) in [5, 5.41) is 2.64. The monoisotopic (exact) mass is 315 g/mol. The molecule has 0 bridgehead atoms. The molecular weight excluding hydrogens is 297 g/mol. The number of methoxy groups -OCH3 is 1. The molecule has 0 radical (unpaired) electrons. The molecule has 0 saturated heterocycles. The van der Waals surface area contributed by atoms with E-state index >= 15 is 0 Å². The molecular formula is C18H18FNO3. The van der Waals surface area contributed by atoms with E-state index in [1.165, 1.54) is 31.4 Å². The van der Waals surface area contributed by atoms with Gasteiger partial charge in [0, 0.05) is 12.0 Å². The Labute approximate surface area is 134 Å². The summed E-state index contributed by atoms with van der Waals surface area (Å²) in [6.07, 6.45) is 0.321. The van der Waals surface area contributed by atoms with Gasteiger partial charge < -0.3 is 10.1 Å². The van der Waals surface area contributed by atoms with Crippen molar-refractivity contribution < 1.29 is 18.7 Å². The van der Waals surface area contributed by atoms with E-state index in [2.05, 4.69) is 5.32 Å². The summed E-state index contributed by atoms with van der Waals surface area (Å²) in [4.78, 5) is 24.1. The molecule has 1 amide bonds. The average Bonchev–Trinajstić information content (AvgIpc) is 2.54. The number of carbonyl (C=O) groups excluding carboxylic acids is 2. The topological polar surface area (TPSA) is 55.4 Å². The highest BCUT2D eigenvalue weighted by molar-refractivity contribution is 5.96. The third kappa shape index (κ3) is 4.64. The molecule has 120 valence electrons. The second-order valence-electron chi connectivity index (χ2n) is 5.25. The van der Waals surface area contributed by atoms with Gasteiger partial charge >= 0.3 is 5.97 Å². The minimum Gasteiger partial charge on any atom is -0.467 e. The van der Waals surface area contributed by atoms with E-state index < -0.39 is 23.7 Å². The lowest BCUT2D eigenvalue weighted by Gasteiger charge is -2.17. The molecule has 0 aliphatic heterocycles. The van der Waals surface area contributed by atoms with E-state index in [0.717, 1.165) is 11.1 Å². The van der Waals surface area contributed by atoms with Crippen LogP contribution in [0.2, 0.25) is 0 Å². The lowest BCUT2D eigenvalue weighted by Crippen LogP contribution is -2.43. The molecule has 1 N–H and O–H groups in total. The zero-order valence-electron chi connectivity index (χ0n) is 13.0. The van der Waals surface area contributed by atoms with Gasteiger partial charge in [-0.1, -0.05) is 29.8 Å². The summed E-state index contributed by atoms with van der Waals surface area (Å²) in [5.41, 5.74) is 2.26. The van der Waals surface area contributed by atoms with Crippen LogP contribution in [0.5, 0.6) is 0 Å². The Balaban J connectivity index is 2.13. The van der Waals surface area contributed by atoms with E-state index in [-0.39, 0.29) is 5.56 Å². The van der Waals surface area contributed by atoms with E-state index in [4.69, 9.17) is 4.74 Å². The Kier molecular flexibility index (Phi) is 5.46. The highest BCUT2D eigenvalue weighted by atomic mass is 19.1. The van der Waals surface area contributed by atoms with Crippen LogP contribution < -0.4 is 5.32 Å². The zero-order valence-corrected chi connectivity index (χ0v) is 13.0. The van der Waals surface area contributed by atoms with Crippen molar-refractivity contribution in [1.82, 2.24) is 5.32 Å². The number of benzene rings is 2. The maximum atomic E-state index is 12.9. The standard InChI is InChI=1S/C18H18FNO3/c1-12-4-3-5-13(10-12)11-16(18(22)23-2)20-17(21)14-6-8-15(19)9-7-14/h3-10,16H,11H2,1-2H3,(H,20,21)/t16-/m1/s1. The molecule has 2 aromatic carbocycles. The number of hydrogen-bond acceptors (Lipinski definition) is 3. The Morgan fingerprint density at radius 2 is 1.87 bits per heavy atom. The molecule has 0 aromatic heterocycles. The fourth-order valence-corrected chi connectivity index (χ4v) is 2.25. The minimum atomic E-state index is -0.806. The molecule has 0 fully saturated rings. The number of aryl methyl sites for hydroxylation is 1. The van der Waals surface area contributed by atoms with Gasteiger partial charge in [0.25, 0.3) is 5.91 Å². The first-order valence-corrected chi connectivity index (χ1v) is 7.19. The third-order valence-electron chi connectivity index (χ3n) is 3.42. The molecule has 4 nitrogen and oxygen atoms in total. The normalized spacial score (nSPS) is 11.6. The Hall–Kier alpha value is -2.69. The van der Waals surface area contributed by atoms with Crippen molar-refractivity contribution in [1.29, 1.82) is 0 Å². The lowest BCUT2D eigenvalue weighted by atomic mass is 10.0. The summed E-state index contributed by atoms with van der Waals surface area (Å²) in [6, 6.07) is 12.0. The van der Waals surface area contributed by atoms with Crippen LogP contribution in [0, 0.1) is 12.7 Å². The van der Waals surface area contributed by atoms with Crippen LogP contribution in [0.4, 0.5) is 4.39 Å². The minimum absolute atomic E-state index is 0.282. The van der Waals surface area contributed by atoms with Crippen molar-refractivity contribution in [3.63, 3.8) is 0 Å². The summed E-state index contributed by atoms with van der Waals surface area (Å²) in [5.74, 6) is -1.40. The Bertz CT molecular complexity index is 698. The van der Waals surface area contributed by atoms with Crippen molar-refractivity contribution in [3.8, 4) is 0 Å². The summed E-state index contributed by atoms with van der Waals surface area (Å²) >= 11 is 0. The van der Waals surface area contributed by atoms with E-state index in [1.807, 2.05) is 31.2 Å². The fraction of sp³-hybridized carbons (Fsp3) is 0.222. The smallest absolute Gasteiger partial charge is 0.328 e. The van der Waals surface area contributed by atoms with Crippen molar-refractivity contribution in [2.75, 3.05) is 7.11 Å². The number of halogens is 1. The molecule has 5 heteroatoms. The molecule has 2 rings (SSSR count). The second-order valence-corrected chi connectivity index (χ2v) is 5.25. The SMILES string of the molecule is COC(=O)[C@@H](Cc1cccc(C)c1)NC(=O)c1ccc(F)cc1. The number of carbonyl (C=O) groups is 2. The highest BCUT2D eigenvalue weighted by Crippen LogP contribution is 2.09. The van der Waals surface area contributed by atoms with Crippen LogP contribution in [-0.2, 0) is 16.0 Å². The number of esters is 1. The molecule has 0 aliphatic carbocycles. The van der Waals surface area contributed by atoms with Gasteiger partial charge in [-0.15, -0.1) is 0 Å². The van der Waals surface area contributed by atoms with E-state index in [0.29, 0.717) is 6.42 Å². The van der Waals surface area contributed by atoms with Crippen molar-refractivity contribution in [3.05, 3.63) is 71.0 Å². The fourth-order valence-electron chi connectivity index (χ4n) is 2.25. The molecule has 0 aliphatic rings. The van der Waals surface area contributed by atoms with E-state index in [1.54, 1.807) is 0 Å². The summed E-state index contributed by atoms with van der Waals surface area (Å²) in [7, 11) is 1.27. The molecule has 0 saturated carbocycles. The molecule has 0 unspecified atom stereocenters. The van der Waals surface area contributed by atoms with Crippen LogP contribution in [0.15, 0.2) is 48.5 Å². The van der Waals surface area contributed by atoms with Gasteiger partial charge in [0.1, 0.15) is 11.9 Å². The first-order chi connectivity index (χ1) is 11.0. The van der Waals surface area contributed by atoms with Gasteiger partial charge in [0.2, 0.25) is 0 Å². The first-order valence-electron chi connectivity index (χ1n) is 7.19. The molecule has 0 spiro atoms. The molecule has 23 heavy (non-hydrogen) atoms. The Morgan fingerprint density at radius 1 is 1.17 bits per heavy atom. The van der Waals surface area contributed by atoms with Crippen LogP contribution >= 0.6 is 0 Å². The summed E-state index contributed by atoms with van der Waals surface area (Å²) < 4.78 is 17.7. The molecule has 0 heterocycles. The van der Waals surface area contributed by atoms with Gasteiger partial charge in [-0.05, 0) is 36.8 Å². The number of rotatable bonds is 5. The largest absolute Gasteiger partial charge is 0.467 e. The predicted octanol–water partition coefficient (Wildman–Crippen LogP) is 2.65. The molecule has 2 aromatic rings. The maximum Gasteiger partial charge on any atom is 0.328 e. The van der Waals surface area contributed by atoms with Crippen molar-refractivity contribution in [2.45, 2.75) is 19.4 Å². The van der Waals surface area contributed by atoms with Crippen molar-refractivity contribution in [2.24, 2.45) is 0 Å². The van der Waals surface area contributed by atoms with E-state index in [9.17, 15) is 14.0 Å². The quantitative estimate of drug-likeness (QED) is 0.863. The second kappa shape index (κ2) is 7.54. The number of nitrogens with one attached hydrogen (secondary N) is 1. The van der Waals surface area contributed by atoms with Gasteiger partial charge in [0.15, 0.2) is 0 Å². The molecule has 1 atom stereocenters. The van der Waals surface area contributed by atoms with Crippen LogP contribution in [0.25, 0.3) is 0 Å². The van der Waals surface area contributed by atoms with Crippen LogP contribution in [-0.4, -0.2) is 25.0 Å². The van der Waals surface area contributed by atoms with Gasteiger partial charge in [0.05, 0.1) is 7.11 Å². The number of amides is 1. The zero-order chi connectivity index (χ0) is 16.8. The van der Waals surface area contributed by atoms with Crippen LogP contribution in [0.1, 0.15) is 21.5 Å². The van der Waals surface area contributed by atoms with Crippen LogP contribution in [0.3, 0.4) is 0 Å². The summed E-state index contributed by atoms with van der Waals surface area (Å²) in [6.45, 7) is 1.95. The average molecular weight is 315 g/mol. The van der Waals surface area contributed by atoms with Gasteiger partial charge in [-0.2, -0.15) is 0 Å². The maximum absolute atomic E-state index is 12.9. The lowest BCUT2D eigenvalue weighted by molar-refractivity contribution is -0.142. The third-order valence-corrected chi connectivity index (χ3v) is 3.42. The van der Waals surface area contributed by atoms with Gasteiger partial charge in [-0.25, -0.2) is 9.18 Å².